The topological polar surface area (TPSA) is 34.1 Å². The van der Waals surface area contributed by atoms with Crippen molar-refractivity contribution in [1.29, 1.82) is 0 Å². The molecule has 0 aromatic rings. The molecule has 0 bridgehead atoms. The monoisotopic (exact) mass is 150 g/mol. The number of halogens is 1. The molecule has 0 N–H and O–H groups in total. The van der Waals surface area contributed by atoms with Crippen LogP contribution in [0.5, 0.6) is 0 Å². The SMILES string of the molecule is C#CCCCS(=O)(=O)F. The summed E-state index contributed by atoms with van der Waals surface area (Å²) in [5, 5.41) is 0. The molecule has 0 aliphatic rings. The van der Waals surface area contributed by atoms with Crippen molar-refractivity contribution in [2.45, 2.75) is 12.8 Å². The Balaban J connectivity index is 3.44. The molecule has 9 heavy (non-hydrogen) atoms. The fourth-order valence-corrected chi connectivity index (χ4v) is 0.836. The zero-order valence-electron chi connectivity index (χ0n) is 4.80. The predicted octanol–water partition coefficient (Wildman–Crippen LogP) is 0.699. The maximum atomic E-state index is 11.6. The molecule has 0 rings (SSSR count). The largest absolute Gasteiger partial charge is 0.302 e. The quantitative estimate of drug-likeness (QED) is 0.337. The second-order valence-electron chi connectivity index (χ2n) is 1.55. The number of hydrogen-bond donors (Lipinski definition) is 0. The lowest BCUT2D eigenvalue weighted by Crippen LogP contribution is -1.96. The van der Waals surface area contributed by atoms with Gasteiger partial charge in [-0.3, -0.25) is 0 Å². The van der Waals surface area contributed by atoms with Crippen LogP contribution >= 0.6 is 0 Å². The Bertz CT molecular complexity index is 199. The van der Waals surface area contributed by atoms with Gasteiger partial charge in [-0.15, -0.1) is 16.2 Å². The molecule has 0 fully saturated rings. The number of terminal acetylenes is 1. The highest BCUT2D eigenvalue weighted by Gasteiger charge is 2.03. The third-order valence-electron chi connectivity index (χ3n) is 0.709. The van der Waals surface area contributed by atoms with Crippen molar-refractivity contribution in [2.24, 2.45) is 0 Å². The summed E-state index contributed by atoms with van der Waals surface area (Å²) >= 11 is 0. The minimum Gasteiger partial charge on any atom is -0.195 e. The van der Waals surface area contributed by atoms with E-state index in [9.17, 15) is 12.3 Å². The maximum Gasteiger partial charge on any atom is 0.302 e. The molecule has 0 spiro atoms. The van der Waals surface area contributed by atoms with E-state index >= 15 is 0 Å². The first-order valence-electron chi connectivity index (χ1n) is 2.42. The van der Waals surface area contributed by atoms with E-state index in [1.54, 1.807) is 0 Å². The molecular weight excluding hydrogens is 143 g/mol. The zero-order valence-corrected chi connectivity index (χ0v) is 5.62. The molecule has 0 atom stereocenters. The highest BCUT2D eigenvalue weighted by molar-refractivity contribution is 7.86. The molecule has 0 aliphatic carbocycles. The van der Waals surface area contributed by atoms with E-state index in [0.717, 1.165) is 0 Å². The first-order chi connectivity index (χ1) is 4.06. The minimum absolute atomic E-state index is 0.204. The summed E-state index contributed by atoms with van der Waals surface area (Å²) in [6, 6.07) is 0. The van der Waals surface area contributed by atoms with Gasteiger partial charge in [-0.05, 0) is 6.42 Å². The first kappa shape index (κ1) is 8.44. The summed E-state index contributed by atoms with van der Waals surface area (Å²) in [5.41, 5.74) is 0. The van der Waals surface area contributed by atoms with Gasteiger partial charge in [0.05, 0.1) is 5.75 Å². The van der Waals surface area contributed by atoms with Crippen molar-refractivity contribution in [3.8, 4) is 12.3 Å². The van der Waals surface area contributed by atoms with Crippen LogP contribution in [-0.4, -0.2) is 14.2 Å². The van der Waals surface area contributed by atoms with Crippen LogP contribution in [0, 0.1) is 12.3 Å². The molecule has 0 amide bonds. The van der Waals surface area contributed by atoms with Crippen LogP contribution in [0.4, 0.5) is 3.89 Å². The highest BCUT2D eigenvalue weighted by Crippen LogP contribution is 1.96. The van der Waals surface area contributed by atoms with Crippen LogP contribution in [0.3, 0.4) is 0 Å². The summed E-state index contributed by atoms with van der Waals surface area (Å²) in [7, 11) is -4.29. The Morgan fingerprint density at radius 3 is 2.44 bits per heavy atom. The van der Waals surface area contributed by atoms with Gasteiger partial charge in [-0.1, -0.05) is 0 Å². The van der Waals surface area contributed by atoms with Crippen molar-refractivity contribution in [1.82, 2.24) is 0 Å². The lowest BCUT2D eigenvalue weighted by Gasteiger charge is -1.87. The number of unbranched alkanes of at least 4 members (excludes halogenated alkanes) is 1. The molecule has 0 radical (unpaired) electrons. The molecule has 0 heterocycles. The van der Waals surface area contributed by atoms with Crippen molar-refractivity contribution in [3.05, 3.63) is 0 Å². The third kappa shape index (κ3) is 7.44. The fraction of sp³-hybridized carbons (Fsp3) is 0.600. The molecule has 0 aliphatic heterocycles. The highest BCUT2D eigenvalue weighted by atomic mass is 32.3. The fourth-order valence-electron chi connectivity index (χ4n) is 0.347. The average Bonchev–Trinajstić information content (AvgIpc) is 1.63. The Labute approximate surface area is 54.3 Å². The summed E-state index contributed by atoms with van der Waals surface area (Å²) < 4.78 is 31.2. The van der Waals surface area contributed by atoms with Gasteiger partial charge >= 0.3 is 10.2 Å². The lowest BCUT2D eigenvalue weighted by atomic mass is 10.4. The van der Waals surface area contributed by atoms with Crippen LogP contribution in [0.2, 0.25) is 0 Å². The van der Waals surface area contributed by atoms with Gasteiger partial charge < -0.3 is 0 Å². The van der Waals surface area contributed by atoms with Crippen molar-refractivity contribution >= 4 is 10.2 Å². The molecule has 2 nitrogen and oxygen atoms in total. The summed E-state index contributed by atoms with van der Waals surface area (Å²) in [6.07, 6.45) is 5.30. The van der Waals surface area contributed by atoms with Gasteiger partial charge in [0.2, 0.25) is 0 Å². The molecular formula is C5H7FO2S. The van der Waals surface area contributed by atoms with Crippen LogP contribution < -0.4 is 0 Å². The van der Waals surface area contributed by atoms with Crippen LogP contribution in [0.15, 0.2) is 0 Å². The molecule has 4 heteroatoms. The third-order valence-corrected chi connectivity index (χ3v) is 1.49. The molecule has 0 saturated carbocycles. The second-order valence-corrected chi connectivity index (χ2v) is 3.04. The lowest BCUT2D eigenvalue weighted by molar-refractivity contribution is 0.550. The predicted molar refractivity (Wildman–Crippen MR) is 33.0 cm³/mol. The summed E-state index contributed by atoms with van der Waals surface area (Å²) in [4.78, 5) is 0. The minimum atomic E-state index is -4.29. The van der Waals surface area contributed by atoms with Gasteiger partial charge in [0.1, 0.15) is 0 Å². The normalized spacial score (nSPS) is 10.7. The van der Waals surface area contributed by atoms with Gasteiger partial charge in [0.15, 0.2) is 0 Å². The molecule has 0 aromatic carbocycles. The van der Waals surface area contributed by atoms with E-state index in [4.69, 9.17) is 6.42 Å². The van der Waals surface area contributed by atoms with E-state index in [1.165, 1.54) is 0 Å². The number of hydrogen-bond acceptors (Lipinski definition) is 2. The van der Waals surface area contributed by atoms with E-state index in [0.29, 0.717) is 6.42 Å². The van der Waals surface area contributed by atoms with Gasteiger partial charge in [0.25, 0.3) is 0 Å². The zero-order chi connectivity index (χ0) is 7.33. The Hall–Kier alpha value is -0.560. The van der Waals surface area contributed by atoms with Gasteiger partial charge in [0, 0.05) is 6.42 Å². The smallest absolute Gasteiger partial charge is 0.195 e. The Kier molecular flexibility index (Phi) is 3.25. The van der Waals surface area contributed by atoms with Crippen LogP contribution in [-0.2, 0) is 10.2 Å². The average molecular weight is 150 g/mol. The first-order valence-corrected chi connectivity index (χ1v) is 3.97. The van der Waals surface area contributed by atoms with Crippen LogP contribution in [0.25, 0.3) is 0 Å². The molecule has 52 valence electrons. The van der Waals surface area contributed by atoms with E-state index < -0.39 is 16.0 Å². The number of rotatable bonds is 3. The van der Waals surface area contributed by atoms with Crippen molar-refractivity contribution in [3.63, 3.8) is 0 Å². The van der Waals surface area contributed by atoms with Crippen molar-refractivity contribution < 1.29 is 12.3 Å². The van der Waals surface area contributed by atoms with Gasteiger partial charge in [-0.25, -0.2) is 0 Å². The maximum absolute atomic E-state index is 11.6. The van der Waals surface area contributed by atoms with Crippen molar-refractivity contribution in [2.75, 3.05) is 5.75 Å². The van der Waals surface area contributed by atoms with E-state index in [1.807, 2.05) is 0 Å². The standard InChI is InChI=1S/C5H7FO2S/c1-2-3-4-5-9(6,7)8/h1H,3-5H2. The van der Waals surface area contributed by atoms with E-state index in [2.05, 4.69) is 5.92 Å². The molecule has 0 unspecified atom stereocenters. The van der Waals surface area contributed by atoms with Crippen LogP contribution in [0.1, 0.15) is 12.8 Å². The molecule has 0 aromatic heterocycles. The molecule has 0 saturated heterocycles. The Morgan fingerprint density at radius 1 is 1.56 bits per heavy atom. The Morgan fingerprint density at radius 2 is 2.11 bits per heavy atom. The summed E-state index contributed by atoms with van der Waals surface area (Å²) in [5.74, 6) is 1.75. The second kappa shape index (κ2) is 3.46. The van der Waals surface area contributed by atoms with Gasteiger partial charge in [-0.2, -0.15) is 8.42 Å². The summed E-state index contributed by atoms with van der Waals surface area (Å²) in [6.45, 7) is 0. The van der Waals surface area contributed by atoms with E-state index in [-0.39, 0.29) is 6.42 Å².